The van der Waals surface area contributed by atoms with Crippen molar-refractivity contribution in [1.29, 1.82) is 0 Å². The van der Waals surface area contributed by atoms with E-state index in [1.54, 1.807) is 24.0 Å². The van der Waals surface area contributed by atoms with Crippen LogP contribution in [0.5, 0.6) is 0 Å². The van der Waals surface area contributed by atoms with Gasteiger partial charge in [-0.25, -0.2) is 5.06 Å². The minimum absolute atomic E-state index is 0.274. The number of hydroxylamine groups is 1. The predicted octanol–water partition coefficient (Wildman–Crippen LogP) is 4.95. The van der Waals surface area contributed by atoms with Crippen LogP contribution in [0.3, 0.4) is 0 Å². The van der Waals surface area contributed by atoms with Gasteiger partial charge in [-0.05, 0) is 31.4 Å². The van der Waals surface area contributed by atoms with Gasteiger partial charge in [0, 0.05) is 17.4 Å². The molecule has 26 heavy (non-hydrogen) atoms. The smallest absolute Gasteiger partial charge is 0.208 e. The van der Waals surface area contributed by atoms with Crippen LogP contribution in [0.2, 0.25) is 0 Å². The summed E-state index contributed by atoms with van der Waals surface area (Å²) in [4.78, 5) is 5.80. The van der Waals surface area contributed by atoms with Gasteiger partial charge in [0.15, 0.2) is 5.82 Å². The largest absolute Gasteiger partial charge is 0.481 e. The number of ether oxygens (including phenoxy) is 1. The number of benzene rings is 1. The molecule has 0 radical (unpaired) electrons. The maximum Gasteiger partial charge on any atom is 0.208 e. The Morgan fingerprint density at radius 1 is 1.31 bits per heavy atom. The highest BCUT2D eigenvalue weighted by Gasteiger charge is 2.30. The van der Waals surface area contributed by atoms with Crippen molar-refractivity contribution in [2.45, 2.75) is 24.1 Å². The molecule has 1 aliphatic carbocycles. The molecule has 1 aromatic carbocycles. The molecule has 0 amide bonds. The minimum atomic E-state index is 0.274. The third-order valence-corrected chi connectivity index (χ3v) is 5.56. The first-order valence-electron chi connectivity index (χ1n) is 8.62. The Morgan fingerprint density at radius 2 is 2.04 bits per heavy atom. The van der Waals surface area contributed by atoms with E-state index in [1.807, 2.05) is 25.2 Å². The molecule has 0 saturated carbocycles. The quantitative estimate of drug-likeness (QED) is 0.378. The molecule has 6 heteroatoms. The molecule has 5 nitrogen and oxygen atoms in total. The van der Waals surface area contributed by atoms with Crippen LogP contribution in [-0.4, -0.2) is 35.9 Å². The zero-order valence-electron chi connectivity index (χ0n) is 15.4. The molecule has 0 spiro atoms. The summed E-state index contributed by atoms with van der Waals surface area (Å²) >= 11 is 3.85. The molecule has 138 valence electrons. The van der Waals surface area contributed by atoms with E-state index in [-0.39, 0.29) is 4.83 Å². The van der Waals surface area contributed by atoms with Gasteiger partial charge in [-0.15, -0.1) is 0 Å². The third kappa shape index (κ3) is 3.44. The van der Waals surface area contributed by atoms with Crippen LogP contribution >= 0.6 is 15.9 Å². The van der Waals surface area contributed by atoms with E-state index in [4.69, 9.17) is 14.7 Å². The highest BCUT2D eigenvalue weighted by Crippen LogP contribution is 2.43. The summed E-state index contributed by atoms with van der Waals surface area (Å²) in [6, 6.07) is 10.2. The standard InChI is InChI=1S/C20H24BrN3O2/c1-14(25-3)24-20(23(2)26-4)18(16-12-8-9-13-17(16)21)19(22-24)15-10-6-5-7-11-15/h5-7,10-12,17H,1,8-9,13H2,2-4H3. The Hall–Kier alpha value is -2.05. The fraction of sp³-hybridized carbons (Fsp3) is 0.350. The molecule has 1 atom stereocenters. The van der Waals surface area contributed by atoms with Gasteiger partial charge in [0.2, 0.25) is 5.88 Å². The van der Waals surface area contributed by atoms with Crippen molar-refractivity contribution in [3.05, 3.63) is 48.6 Å². The maximum absolute atomic E-state index is 5.52. The molecule has 1 heterocycles. The van der Waals surface area contributed by atoms with E-state index in [0.717, 1.165) is 35.5 Å². The summed E-state index contributed by atoms with van der Waals surface area (Å²) in [6.07, 6.45) is 5.61. The van der Waals surface area contributed by atoms with Crippen molar-refractivity contribution in [1.82, 2.24) is 9.78 Å². The lowest BCUT2D eigenvalue weighted by molar-refractivity contribution is 0.179. The first-order valence-corrected chi connectivity index (χ1v) is 9.54. The van der Waals surface area contributed by atoms with Gasteiger partial charge in [0.1, 0.15) is 5.69 Å². The van der Waals surface area contributed by atoms with Gasteiger partial charge in [-0.1, -0.05) is 52.3 Å². The number of methoxy groups -OCH3 is 1. The monoisotopic (exact) mass is 417 g/mol. The van der Waals surface area contributed by atoms with Crippen LogP contribution in [0.25, 0.3) is 22.7 Å². The van der Waals surface area contributed by atoms with Crippen molar-refractivity contribution in [3.8, 4) is 11.3 Å². The molecular formula is C20H24BrN3O2. The molecule has 1 aromatic heterocycles. The number of hydrogen-bond donors (Lipinski definition) is 0. The first-order chi connectivity index (χ1) is 12.6. The van der Waals surface area contributed by atoms with Crippen molar-refractivity contribution < 1.29 is 9.57 Å². The summed E-state index contributed by atoms with van der Waals surface area (Å²) in [5.74, 6) is 1.24. The van der Waals surface area contributed by atoms with Crippen LogP contribution in [0, 0.1) is 0 Å². The minimum Gasteiger partial charge on any atom is -0.481 e. The second-order valence-corrected chi connectivity index (χ2v) is 7.27. The Balaban J connectivity index is 2.31. The zero-order chi connectivity index (χ0) is 18.7. The second-order valence-electron chi connectivity index (χ2n) is 6.16. The summed E-state index contributed by atoms with van der Waals surface area (Å²) in [6.45, 7) is 4.00. The number of allylic oxidation sites excluding steroid dienone is 2. The van der Waals surface area contributed by atoms with E-state index in [9.17, 15) is 0 Å². The molecule has 0 fully saturated rings. The summed E-state index contributed by atoms with van der Waals surface area (Å²) < 4.78 is 7.09. The first kappa shape index (κ1) is 18.7. The number of nitrogens with zero attached hydrogens (tertiary/aromatic N) is 3. The SMILES string of the molecule is C=C(OC)n1nc(-c2ccccc2)c(C2=CCCCC2Br)c1N(C)OC. The molecule has 1 aliphatic rings. The van der Waals surface area contributed by atoms with Crippen LogP contribution in [0.4, 0.5) is 5.82 Å². The molecular weight excluding hydrogens is 394 g/mol. The van der Waals surface area contributed by atoms with E-state index >= 15 is 0 Å². The van der Waals surface area contributed by atoms with Gasteiger partial charge in [-0.2, -0.15) is 9.78 Å². The van der Waals surface area contributed by atoms with Crippen molar-refractivity contribution in [2.75, 3.05) is 26.3 Å². The molecule has 1 unspecified atom stereocenters. The van der Waals surface area contributed by atoms with E-state index in [0.29, 0.717) is 5.88 Å². The van der Waals surface area contributed by atoms with Crippen LogP contribution in [0.15, 0.2) is 43.0 Å². The van der Waals surface area contributed by atoms with Gasteiger partial charge < -0.3 is 4.74 Å². The summed E-state index contributed by atoms with van der Waals surface area (Å²) in [5, 5.41) is 6.54. The van der Waals surface area contributed by atoms with Gasteiger partial charge in [0.25, 0.3) is 0 Å². The van der Waals surface area contributed by atoms with Crippen molar-refractivity contribution >= 4 is 33.2 Å². The molecule has 0 aliphatic heterocycles. The van der Waals surface area contributed by atoms with E-state index in [2.05, 4.69) is 40.7 Å². The van der Waals surface area contributed by atoms with Crippen molar-refractivity contribution in [2.24, 2.45) is 0 Å². The molecule has 0 N–H and O–H groups in total. The average molecular weight is 418 g/mol. The lowest BCUT2D eigenvalue weighted by atomic mass is 9.91. The Morgan fingerprint density at radius 3 is 2.65 bits per heavy atom. The highest BCUT2D eigenvalue weighted by atomic mass is 79.9. The highest BCUT2D eigenvalue weighted by molar-refractivity contribution is 9.09. The maximum atomic E-state index is 5.52. The molecule has 0 bridgehead atoms. The molecule has 0 saturated heterocycles. The topological polar surface area (TPSA) is 39.5 Å². The number of anilines is 1. The summed E-state index contributed by atoms with van der Waals surface area (Å²) in [7, 11) is 5.09. The van der Waals surface area contributed by atoms with E-state index in [1.165, 1.54) is 12.0 Å². The Kier molecular flexibility index (Phi) is 5.84. The Bertz CT molecular complexity index is 814. The lowest BCUT2D eigenvalue weighted by Crippen LogP contribution is -2.21. The number of hydrogen-bond acceptors (Lipinski definition) is 4. The van der Waals surface area contributed by atoms with E-state index < -0.39 is 0 Å². The fourth-order valence-corrected chi connectivity index (χ4v) is 3.95. The number of aromatic nitrogens is 2. The molecule has 3 rings (SSSR count). The van der Waals surface area contributed by atoms with Crippen LogP contribution in [0.1, 0.15) is 24.8 Å². The van der Waals surface area contributed by atoms with Crippen LogP contribution < -0.4 is 5.06 Å². The van der Waals surface area contributed by atoms with Crippen molar-refractivity contribution in [3.63, 3.8) is 0 Å². The fourth-order valence-electron chi connectivity index (χ4n) is 3.21. The van der Waals surface area contributed by atoms with Gasteiger partial charge in [0.05, 0.1) is 19.8 Å². The number of halogens is 1. The normalized spacial score (nSPS) is 16.9. The molecule has 2 aromatic rings. The lowest BCUT2D eigenvalue weighted by Gasteiger charge is -2.24. The number of rotatable bonds is 6. The number of alkyl halides is 1. The summed E-state index contributed by atoms with van der Waals surface area (Å²) in [5.41, 5.74) is 4.20. The van der Waals surface area contributed by atoms with Gasteiger partial charge >= 0.3 is 0 Å². The second kappa shape index (κ2) is 8.10. The predicted molar refractivity (Wildman–Crippen MR) is 110 cm³/mol. The third-order valence-electron chi connectivity index (χ3n) is 4.60. The van der Waals surface area contributed by atoms with Crippen LogP contribution in [-0.2, 0) is 9.57 Å². The average Bonchev–Trinajstić information content (AvgIpc) is 3.08. The van der Waals surface area contributed by atoms with Gasteiger partial charge in [-0.3, -0.25) is 4.84 Å². The Labute approximate surface area is 163 Å². The zero-order valence-corrected chi connectivity index (χ0v) is 17.0.